The Hall–Kier alpha value is -3.37. The Balaban J connectivity index is 1.92. The molecular weight excluding hydrogens is 510 g/mol. The molecule has 36 heavy (non-hydrogen) atoms. The van der Waals surface area contributed by atoms with Crippen LogP contribution >= 0.6 is 11.6 Å². The number of aliphatic hydroxyl groups is 1. The summed E-state index contributed by atoms with van der Waals surface area (Å²) in [6.45, 7) is 1.89. The molecule has 0 saturated carbocycles. The zero-order valence-corrected chi connectivity index (χ0v) is 19.2. The molecule has 0 aliphatic carbocycles. The second-order valence-electron chi connectivity index (χ2n) is 8.22. The highest BCUT2D eigenvalue weighted by Gasteiger charge is 2.71. The van der Waals surface area contributed by atoms with Gasteiger partial charge in [-0.25, -0.2) is 4.98 Å². The van der Waals surface area contributed by atoms with Crippen LogP contribution in [0.1, 0.15) is 22.5 Å². The maximum absolute atomic E-state index is 13.4. The van der Waals surface area contributed by atoms with Crippen molar-refractivity contribution in [1.29, 1.82) is 0 Å². The van der Waals surface area contributed by atoms with E-state index in [-0.39, 0.29) is 33.9 Å². The minimum atomic E-state index is -6.03. The molecule has 0 atom stereocenters. The first-order valence-corrected chi connectivity index (χ1v) is 10.8. The van der Waals surface area contributed by atoms with Crippen LogP contribution in [0.4, 0.5) is 26.3 Å². The molecule has 0 fully saturated rings. The number of rotatable bonds is 4. The number of hydrogen-bond donors (Lipinski definition) is 1. The maximum Gasteiger partial charge on any atom is 0.430 e. The normalized spacial score (nSPS) is 12.8. The van der Waals surface area contributed by atoms with E-state index < -0.39 is 29.1 Å². The van der Waals surface area contributed by atoms with Crippen molar-refractivity contribution in [3.8, 4) is 5.69 Å². The molecule has 11 heteroatoms. The highest BCUT2D eigenvalue weighted by atomic mass is 35.5. The molecule has 0 aliphatic heterocycles. The molecule has 1 aromatic heterocycles. The van der Waals surface area contributed by atoms with E-state index in [1.807, 2.05) is 31.2 Å². The summed E-state index contributed by atoms with van der Waals surface area (Å²) in [4.78, 5) is 18.0. The summed E-state index contributed by atoms with van der Waals surface area (Å²) < 4.78 is 80.7. The lowest BCUT2D eigenvalue weighted by Crippen LogP contribution is -2.53. The summed E-state index contributed by atoms with van der Waals surface area (Å²) in [6.07, 6.45) is -11.9. The topological polar surface area (TPSA) is 55.1 Å². The van der Waals surface area contributed by atoms with Crippen LogP contribution in [-0.2, 0) is 12.0 Å². The summed E-state index contributed by atoms with van der Waals surface area (Å²) in [5, 5.41) is 9.80. The molecular formula is C25H17ClF6N2O2. The molecule has 4 aromatic rings. The van der Waals surface area contributed by atoms with Gasteiger partial charge in [0.25, 0.3) is 11.2 Å². The van der Waals surface area contributed by atoms with E-state index in [2.05, 4.69) is 4.98 Å². The summed E-state index contributed by atoms with van der Waals surface area (Å²) in [5.41, 5.74) is -5.18. The van der Waals surface area contributed by atoms with Gasteiger partial charge in [0.1, 0.15) is 5.82 Å². The third kappa shape index (κ3) is 4.35. The van der Waals surface area contributed by atoms with Gasteiger partial charge in [-0.3, -0.25) is 9.36 Å². The van der Waals surface area contributed by atoms with Crippen LogP contribution in [0.5, 0.6) is 0 Å². The van der Waals surface area contributed by atoms with Crippen molar-refractivity contribution in [1.82, 2.24) is 9.55 Å². The minimum Gasteiger partial charge on any atom is -0.369 e. The lowest BCUT2D eigenvalue weighted by Gasteiger charge is -2.32. The van der Waals surface area contributed by atoms with Crippen molar-refractivity contribution in [2.45, 2.75) is 31.3 Å². The van der Waals surface area contributed by atoms with E-state index in [4.69, 9.17) is 11.6 Å². The number of benzene rings is 3. The number of nitrogens with zero attached hydrogens (tertiary/aromatic N) is 2. The van der Waals surface area contributed by atoms with Gasteiger partial charge in [-0.05, 0) is 36.8 Å². The van der Waals surface area contributed by atoms with E-state index in [1.54, 1.807) is 12.1 Å². The molecule has 0 spiro atoms. The monoisotopic (exact) mass is 526 g/mol. The smallest absolute Gasteiger partial charge is 0.369 e. The molecule has 188 valence electrons. The Morgan fingerprint density at radius 3 is 2.03 bits per heavy atom. The highest BCUT2D eigenvalue weighted by Crippen LogP contribution is 2.50. The molecule has 0 aliphatic rings. The molecule has 0 radical (unpaired) electrons. The Labute approximate surface area is 205 Å². The molecule has 0 bridgehead atoms. The Kier molecular flexibility index (Phi) is 6.38. The Morgan fingerprint density at radius 1 is 0.889 bits per heavy atom. The first-order valence-electron chi connectivity index (χ1n) is 10.5. The molecule has 0 amide bonds. The van der Waals surface area contributed by atoms with Gasteiger partial charge in [0.2, 0.25) is 0 Å². The van der Waals surface area contributed by atoms with Crippen LogP contribution in [0.3, 0.4) is 0 Å². The van der Waals surface area contributed by atoms with Crippen molar-refractivity contribution in [3.05, 3.63) is 105 Å². The predicted octanol–water partition coefficient (Wildman–Crippen LogP) is 6.25. The third-order valence-electron chi connectivity index (χ3n) is 5.76. The van der Waals surface area contributed by atoms with Gasteiger partial charge in [0, 0.05) is 12.0 Å². The largest absolute Gasteiger partial charge is 0.430 e. The number of aromatic nitrogens is 2. The van der Waals surface area contributed by atoms with E-state index in [0.717, 1.165) is 27.8 Å². The SMILES string of the molecule is Cc1ccc(Cc2nc3cccc(Cl)c3c(=O)n2-c2ccc(C(O)(C(F)(F)F)C(F)(F)F)cc2)cc1. The average Bonchev–Trinajstić information content (AvgIpc) is 2.79. The molecule has 4 rings (SSSR count). The van der Waals surface area contributed by atoms with Gasteiger partial charge in [-0.1, -0.05) is 59.6 Å². The summed E-state index contributed by atoms with van der Waals surface area (Å²) in [7, 11) is 0. The van der Waals surface area contributed by atoms with Gasteiger partial charge in [0.15, 0.2) is 0 Å². The van der Waals surface area contributed by atoms with Crippen LogP contribution in [0.25, 0.3) is 16.6 Å². The fourth-order valence-electron chi connectivity index (χ4n) is 3.85. The van der Waals surface area contributed by atoms with Crippen LogP contribution in [-0.4, -0.2) is 27.0 Å². The molecule has 3 aromatic carbocycles. The van der Waals surface area contributed by atoms with Crippen molar-refractivity contribution in [2.75, 3.05) is 0 Å². The van der Waals surface area contributed by atoms with Crippen molar-refractivity contribution < 1.29 is 31.4 Å². The number of halogens is 7. The van der Waals surface area contributed by atoms with Crippen molar-refractivity contribution in [3.63, 3.8) is 0 Å². The molecule has 1 N–H and O–H groups in total. The fraction of sp³-hybridized carbons (Fsp3) is 0.200. The predicted molar refractivity (Wildman–Crippen MR) is 122 cm³/mol. The van der Waals surface area contributed by atoms with Crippen molar-refractivity contribution in [2.24, 2.45) is 0 Å². The number of aryl methyl sites for hydroxylation is 1. The van der Waals surface area contributed by atoms with E-state index in [9.17, 15) is 36.2 Å². The number of fused-ring (bicyclic) bond motifs is 1. The van der Waals surface area contributed by atoms with E-state index >= 15 is 0 Å². The summed E-state index contributed by atoms with van der Waals surface area (Å²) in [5.74, 6) is 0.188. The summed E-state index contributed by atoms with van der Waals surface area (Å²) >= 11 is 6.20. The zero-order chi connectivity index (χ0) is 26.5. The van der Waals surface area contributed by atoms with Gasteiger partial charge >= 0.3 is 12.4 Å². The molecule has 0 unspecified atom stereocenters. The van der Waals surface area contributed by atoms with Gasteiger partial charge < -0.3 is 5.11 Å². The van der Waals surface area contributed by atoms with Gasteiger partial charge in [-0.15, -0.1) is 0 Å². The third-order valence-corrected chi connectivity index (χ3v) is 6.08. The van der Waals surface area contributed by atoms with E-state index in [0.29, 0.717) is 12.1 Å². The van der Waals surface area contributed by atoms with Crippen LogP contribution in [0, 0.1) is 6.92 Å². The standard InChI is InChI=1S/C25H17ClF6N2O2/c1-14-5-7-15(8-6-14)13-20-33-19-4-2-3-18(26)21(19)22(35)34(20)17-11-9-16(10-12-17)23(36,24(27,28)29)25(30,31)32/h2-12,36H,13H2,1H3. The lowest BCUT2D eigenvalue weighted by atomic mass is 9.92. The molecule has 1 heterocycles. The molecule has 4 nitrogen and oxygen atoms in total. The summed E-state index contributed by atoms with van der Waals surface area (Å²) in [6, 6.07) is 14.7. The van der Waals surface area contributed by atoms with E-state index in [1.165, 1.54) is 6.07 Å². The number of hydrogen-bond acceptors (Lipinski definition) is 3. The fourth-order valence-corrected chi connectivity index (χ4v) is 4.10. The number of alkyl halides is 6. The second kappa shape index (κ2) is 8.94. The van der Waals surface area contributed by atoms with Crippen LogP contribution < -0.4 is 5.56 Å². The maximum atomic E-state index is 13.4. The average molecular weight is 527 g/mol. The lowest BCUT2D eigenvalue weighted by molar-refractivity contribution is -0.376. The minimum absolute atomic E-state index is 0.0398. The first-order chi connectivity index (χ1) is 16.7. The van der Waals surface area contributed by atoms with Gasteiger partial charge in [-0.2, -0.15) is 26.3 Å². The Morgan fingerprint density at radius 2 is 1.47 bits per heavy atom. The molecule has 0 saturated heterocycles. The highest BCUT2D eigenvalue weighted by molar-refractivity contribution is 6.35. The Bertz CT molecular complexity index is 1460. The second-order valence-corrected chi connectivity index (χ2v) is 8.62. The first kappa shape index (κ1) is 25.7. The zero-order valence-electron chi connectivity index (χ0n) is 18.5. The van der Waals surface area contributed by atoms with Crippen LogP contribution in [0.2, 0.25) is 5.02 Å². The van der Waals surface area contributed by atoms with Crippen LogP contribution in [0.15, 0.2) is 71.5 Å². The van der Waals surface area contributed by atoms with Gasteiger partial charge in [0.05, 0.1) is 21.6 Å². The quantitative estimate of drug-likeness (QED) is 0.320. The van der Waals surface area contributed by atoms with Crippen molar-refractivity contribution >= 4 is 22.5 Å².